The van der Waals surface area contributed by atoms with E-state index in [-0.39, 0.29) is 11.4 Å². The first-order valence-corrected chi connectivity index (χ1v) is 4.67. The molecule has 0 heterocycles. The van der Waals surface area contributed by atoms with Gasteiger partial charge in [-0.1, -0.05) is 19.6 Å². The SMILES string of the molecule is C=C/C=C(\N=C(/CC)C(=O)OC)C(=O)OC. The number of ether oxygens (including phenoxy) is 2. The number of hydrogen-bond acceptors (Lipinski definition) is 5. The first kappa shape index (κ1) is 14.1. The van der Waals surface area contributed by atoms with Gasteiger partial charge in [0.15, 0.2) is 0 Å². The van der Waals surface area contributed by atoms with Gasteiger partial charge in [0.2, 0.25) is 0 Å². The van der Waals surface area contributed by atoms with E-state index in [1.807, 2.05) is 0 Å². The van der Waals surface area contributed by atoms with Gasteiger partial charge >= 0.3 is 11.9 Å². The number of carbonyl (C=O) groups is 2. The number of esters is 2. The van der Waals surface area contributed by atoms with Crippen molar-refractivity contribution in [3.05, 3.63) is 24.4 Å². The van der Waals surface area contributed by atoms with Crippen LogP contribution in [0.2, 0.25) is 0 Å². The zero-order valence-corrected chi connectivity index (χ0v) is 9.65. The molecule has 88 valence electrons. The largest absolute Gasteiger partial charge is 0.465 e. The van der Waals surface area contributed by atoms with Crippen LogP contribution < -0.4 is 0 Å². The molecule has 0 spiro atoms. The summed E-state index contributed by atoms with van der Waals surface area (Å²) in [6, 6.07) is 0. The van der Waals surface area contributed by atoms with E-state index in [4.69, 9.17) is 0 Å². The van der Waals surface area contributed by atoms with Gasteiger partial charge in [-0.25, -0.2) is 14.6 Å². The third kappa shape index (κ3) is 4.08. The van der Waals surface area contributed by atoms with Crippen molar-refractivity contribution in [2.45, 2.75) is 13.3 Å². The Balaban J connectivity index is 5.16. The summed E-state index contributed by atoms with van der Waals surface area (Å²) in [6.07, 6.45) is 3.11. The minimum atomic E-state index is -0.630. The van der Waals surface area contributed by atoms with E-state index < -0.39 is 11.9 Å². The van der Waals surface area contributed by atoms with Crippen LogP contribution in [0.3, 0.4) is 0 Å². The molecule has 5 nitrogen and oxygen atoms in total. The Morgan fingerprint density at radius 1 is 1.25 bits per heavy atom. The molecule has 5 heteroatoms. The number of methoxy groups -OCH3 is 2. The fraction of sp³-hybridized carbons (Fsp3) is 0.364. The molecule has 0 atom stereocenters. The highest BCUT2D eigenvalue weighted by Crippen LogP contribution is 2.03. The fourth-order valence-corrected chi connectivity index (χ4v) is 0.899. The van der Waals surface area contributed by atoms with Crippen LogP contribution >= 0.6 is 0 Å². The van der Waals surface area contributed by atoms with Gasteiger partial charge in [0.25, 0.3) is 0 Å². The molecule has 0 saturated heterocycles. The third-order valence-electron chi connectivity index (χ3n) is 1.68. The van der Waals surface area contributed by atoms with Crippen molar-refractivity contribution in [1.29, 1.82) is 0 Å². The maximum Gasteiger partial charge on any atom is 0.356 e. The average Bonchev–Trinajstić information content (AvgIpc) is 2.32. The van der Waals surface area contributed by atoms with E-state index in [2.05, 4.69) is 21.0 Å². The Kier molecular flexibility index (Phi) is 6.51. The lowest BCUT2D eigenvalue weighted by atomic mass is 10.3. The predicted octanol–water partition coefficient (Wildman–Crippen LogP) is 1.25. The van der Waals surface area contributed by atoms with Crippen LogP contribution in [0.15, 0.2) is 29.4 Å². The molecule has 16 heavy (non-hydrogen) atoms. The first-order chi connectivity index (χ1) is 7.60. The number of hydrogen-bond donors (Lipinski definition) is 0. The van der Waals surface area contributed by atoms with Crippen molar-refractivity contribution in [1.82, 2.24) is 0 Å². The van der Waals surface area contributed by atoms with Crippen LogP contribution in [0.4, 0.5) is 0 Å². The second kappa shape index (κ2) is 7.39. The van der Waals surface area contributed by atoms with Gasteiger partial charge in [0.05, 0.1) is 14.2 Å². The van der Waals surface area contributed by atoms with E-state index in [1.54, 1.807) is 6.92 Å². The highest BCUT2D eigenvalue weighted by molar-refractivity contribution is 6.36. The lowest BCUT2D eigenvalue weighted by molar-refractivity contribution is -0.136. The topological polar surface area (TPSA) is 65.0 Å². The summed E-state index contributed by atoms with van der Waals surface area (Å²) in [5.74, 6) is -1.20. The molecule has 0 saturated carbocycles. The standard InChI is InChI=1S/C11H15NO4/c1-5-7-9(11(14)16-4)12-8(6-2)10(13)15-3/h5,7H,1,6H2,2-4H3/b9-7-,12-8+. The maximum atomic E-state index is 11.3. The summed E-state index contributed by atoms with van der Waals surface area (Å²) < 4.78 is 9.03. The minimum absolute atomic E-state index is 0.0137. The minimum Gasteiger partial charge on any atom is -0.465 e. The molecule has 0 unspecified atom stereocenters. The molecule has 0 aromatic heterocycles. The van der Waals surface area contributed by atoms with E-state index in [0.29, 0.717) is 6.42 Å². The van der Waals surface area contributed by atoms with Crippen LogP contribution in [-0.4, -0.2) is 31.9 Å². The molecule has 0 N–H and O–H groups in total. The molecule has 0 aliphatic rings. The number of carbonyl (C=O) groups excluding carboxylic acids is 2. The molecule has 0 aromatic carbocycles. The van der Waals surface area contributed by atoms with Gasteiger partial charge in [-0.05, 0) is 12.5 Å². The van der Waals surface area contributed by atoms with Gasteiger partial charge in [-0.2, -0.15) is 0 Å². The Labute approximate surface area is 94.5 Å². The number of rotatable bonds is 5. The number of allylic oxidation sites excluding steroid dienone is 2. The van der Waals surface area contributed by atoms with Gasteiger partial charge in [0, 0.05) is 0 Å². The van der Waals surface area contributed by atoms with Crippen LogP contribution in [0.1, 0.15) is 13.3 Å². The van der Waals surface area contributed by atoms with Crippen LogP contribution in [0.25, 0.3) is 0 Å². The lowest BCUT2D eigenvalue weighted by Crippen LogP contribution is -2.16. The number of aliphatic imine (C=N–C) groups is 1. The van der Waals surface area contributed by atoms with Crippen molar-refractivity contribution < 1.29 is 19.1 Å². The van der Waals surface area contributed by atoms with Crippen molar-refractivity contribution >= 4 is 17.7 Å². The molecular formula is C11H15NO4. The van der Waals surface area contributed by atoms with Gasteiger partial charge < -0.3 is 9.47 Å². The summed E-state index contributed by atoms with van der Waals surface area (Å²) in [5.41, 5.74) is 0.167. The maximum absolute atomic E-state index is 11.3. The molecule has 0 aliphatic heterocycles. The zero-order chi connectivity index (χ0) is 12.6. The molecule has 0 aromatic rings. The van der Waals surface area contributed by atoms with E-state index >= 15 is 0 Å². The zero-order valence-electron chi connectivity index (χ0n) is 9.65. The first-order valence-electron chi connectivity index (χ1n) is 4.67. The Bertz CT molecular complexity index is 342. The smallest absolute Gasteiger partial charge is 0.356 e. The fourth-order valence-electron chi connectivity index (χ4n) is 0.899. The van der Waals surface area contributed by atoms with Gasteiger partial charge in [-0.3, -0.25) is 0 Å². The van der Waals surface area contributed by atoms with Crippen LogP contribution in [0, 0.1) is 0 Å². The Morgan fingerprint density at radius 3 is 2.19 bits per heavy atom. The summed E-state index contributed by atoms with van der Waals surface area (Å²) in [4.78, 5) is 26.4. The highest BCUT2D eigenvalue weighted by atomic mass is 16.5. The molecule has 0 fully saturated rings. The second-order valence-electron chi connectivity index (χ2n) is 2.68. The van der Waals surface area contributed by atoms with Gasteiger partial charge in [0.1, 0.15) is 11.4 Å². The highest BCUT2D eigenvalue weighted by Gasteiger charge is 2.13. The molecule has 0 rings (SSSR count). The van der Waals surface area contributed by atoms with E-state index in [1.165, 1.54) is 26.4 Å². The quantitative estimate of drug-likeness (QED) is 0.306. The molecular weight excluding hydrogens is 210 g/mol. The van der Waals surface area contributed by atoms with Crippen LogP contribution in [0.5, 0.6) is 0 Å². The molecule has 0 bridgehead atoms. The summed E-state index contributed by atoms with van der Waals surface area (Å²) in [5, 5.41) is 0. The van der Waals surface area contributed by atoms with Crippen molar-refractivity contribution in [2.75, 3.05) is 14.2 Å². The predicted molar refractivity (Wildman–Crippen MR) is 60.0 cm³/mol. The summed E-state index contributed by atoms with van der Waals surface area (Å²) >= 11 is 0. The van der Waals surface area contributed by atoms with Gasteiger partial charge in [-0.15, -0.1) is 0 Å². The third-order valence-corrected chi connectivity index (χ3v) is 1.68. The van der Waals surface area contributed by atoms with Crippen molar-refractivity contribution in [3.63, 3.8) is 0 Å². The van der Waals surface area contributed by atoms with Crippen LogP contribution in [-0.2, 0) is 19.1 Å². The van der Waals surface area contributed by atoms with E-state index in [0.717, 1.165) is 0 Å². The summed E-state index contributed by atoms with van der Waals surface area (Å²) in [7, 11) is 2.49. The Morgan fingerprint density at radius 2 is 1.81 bits per heavy atom. The molecule has 0 amide bonds. The lowest BCUT2D eigenvalue weighted by Gasteiger charge is -2.03. The van der Waals surface area contributed by atoms with Crippen molar-refractivity contribution in [3.8, 4) is 0 Å². The molecule has 0 aliphatic carbocycles. The Hall–Kier alpha value is -1.91. The average molecular weight is 225 g/mol. The summed E-state index contributed by atoms with van der Waals surface area (Å²) in [6.45, 7) is 5.18. The number of nitrogens with zero attached hydrogens (tertiary/aromatic N) is 1. The normalized spacial score (nSPS) is 11.9. The monoisotopic (exact) mass is 225 g/mol. The molecule has 0 radical (unpaired) electrons. The van der Waals surface area contributed by atoms with E-state index in [9.17, 15) is 9.59 Å². The van der Waals surface area contributed by atoms with Crippen molar-refractivity contribution in [2.24, 2.45) is 4.99 Å². The second-order valence-corrected chi connectivity index (χ2v) is 2.68.